The van der Waals surface area contributed by atoms with Crippen LogP contribution in [-0.2, 0) is 17.8 Å². The SMILES string of the molecule is CCNC(=NCc1cccc(C(=O)NC(C)CC)c1)N(C)Cc1csc(C(C)OC)n1. The van der Waals surface area contributed by atoms with Gasteiger partial charge in [-0.2, -0.15) is 0 Å². The molecule has 1 heterocycles. The molecule has 1 amide bonds. The zero-order chi connectivity index (χ0) is 22.8. The fraction of sp³-hybridized carbons (Fsp3) is 0.522. The summed E-state index contributed by atoms with van der Waals surface area (Å²) >= 11 is 1.61. The highest BCUT2D eigenvalue weighted by atomic mass is 32.1. The first-order chi connectivity index (χ1) is 14.9. The Hall–Kier alpha value is -2.45. The Morgan fingerprint density at radius 2 is 2.10 bits per heavy atom. The van der Waals surface area contributed by atoms with Crippen molar-refractivity contribution in [1.82, 2.24) is 20.5 Å². The van der Waals surface area contributed by atoms with E-state index in [0.717, 1.165) is 35.2 Å². The molecule has 7 nitrogen and oxygen atoms in total. The number of benzene rings is 1. The average Bonchev–Trinajstić information content (AvgIpc) is 3.24. The van der Waals surface area contributed by atoms with Crippen molar-refractivity contribution in [3.05, 3.63) is 51.5 Å². The van der Waals surface area contributed by atoms with Crippen LogP contribution in [-0.4, -0.2) is 48.5 Å². The summed E-state index contributed by atoms with van der Waals surface area (Å²) in [4.78, 5) is 23.9. The molecule has 0 spiro atoms. The molecule has 8 heteroatoms. The van der Waals surface area contributed by atoms with Gasteiger partial charge < -0.3 is 20.3 Å². The van der Waals surface area contributed by atoms with Crippen molar-refractivity contribution in [3.63, 3.8) is 0 Å². The zero-order valence-corrected chi connectivity index (χ0v) is 20.3. The van der Waals surface area contributed by atoms with Gasteiger partial charge in [0.05, 0.1) is 18.8 Å². The molecule has 0 aliphatic carbocycles. The summed E-state index contributed by atoms with van der Waals surface area (Å²) in [7, 11) is 3.69. The first-order valence-corrected chi connectivity index (χ1v) is 11.6. The van der Waals surface area contributed by atoms with Crippen LogP contribution in [0.15, 0.2) is 34.6 Å². The van der Waals surface area contributed by atoms with Gasteiger partial charge in [-0.25, -0.2) is 9.98 Å². The molecule has 1 aromatic carbocycles. The molecule has 0 bridgehead atoms. The third kappa shape index (κ3) is 7.63. The van der Waals surface area contributed by atoms with Crippen LogP contribution in [0, 0.1) is 0 Å². The van der Waals surface area contributed by atoms with Crippen LogP contribution in [0.5, 0.6) is 0 Å². The van der Waals surface area contributed by atoms with Gasteiger partial charge in [-0.15, -0.1) is 11.3 Å². The third-order valence-electron chi connectivity index (χ3n) is 4.96. The molecule has 0 aliphatic heterocycles. The number of rotatable bonds is 10. The molecule has 0 saturated carbocycles. The van der Waals surface area contributed by atoms with Crippen LogP contribution in [0.4, 0.5) is 0 Å². The van der Waals surface area contributed by atoms with E-state index in [0.29, 0.717) is 18.7 Å². The number of hydrogen-bond donors (Lipinski definition) is 2. The lowest BCUT2D eigenvalue weighted by molar-refractivity contribution is 0.0939. The maximum atomic E-state index is 12.4. The Morgan fingerprint density at radius 3 is 2.77 bits per heavy atom. The van der Waals surface area contributed by atoms with Crippen LogP contribution in [0.3, 0.4) is 0 Å². The number of nitrogens with one attached hydrogen (secondary N) is 2. The van der Waals surface area contributed by atoms with Gasteiger partial charge in [0, 0.05) is 37.7 Å². The number of nitrogens with zero attached hydrogens (tertiary/aromatic N) is 3. The molecular weight excluding hydrogens is 410 g/mol. The molecule has 170 valence electrons. The smallest absolute Gasteiger partial charge is 0.251 e. The Bertz CT molecular complexity index is 867. The minimum atomic E-state index is -0.0474. The standard InChI is InChI=1S/C23H35N5O2S/c1-7-16(3)26-21(29)19-11-9-10-18(12-19)13-25-23(24-8-2)28(5)14-20-15-31-22(27-20)17(4)30-6/h9-12,15-17H,7-8,13-14H2,1-6H3,(H,24,25)(H,26,29). The third-order valence-corrected chi connectivity index (χ3v) is 6.01. The van der Waals surface area contributed by atoms with Crippen LogP contribution in [0.2, 0.25) is 0 Å². The predicted molar refractivity (Wildman–Crippen MR) is 127 cm³/mol. The summed E-state index contributed by atoms with van der Waals surface area (Å²) in [5.41, 5.74) is 2.64. The Kier molecular flexibility index (Phi) is 9.94. The van der Waals surface area contributed by atoms with Crippen molar-refractivity contribution in [3.8, 4) is 0 Å². The van der Waals surface area contributed by atoms with Gasteiger partial charge in [0.1, 0.15) is 11.1 Å². The lowest BCUT2D eigenvalue weighted by atomic mass is 10.1. The highest BCUT2D eigenvalue weighted by Gasteiger charge is 2.13. The monoisotopic (exact) mass is 445 g/mol. The average molecular weight is 446 g/mol. The van der Waals surface area contributed by atoms with E-state index < -0.39 is 0 Å². The van der Waals surface area contributed by atoms with Gasteiger partial charge in [-0.05, 0) is 44.9 Å². The first-order valence-electron chi connectivity index (χ1n) is 10.7. The highest BCUT2D eigenvalue weighted by molar-refractivity contribution is 7.09. The number of aromatic nitrogens is 1. The van der Waals surface area contributed by atoms with E-state index in [2.05, 4.69) is 32.8 Å². The van der Waals surface area contributed by atoms with Crippen LogP contribution >= 0.6 is 11.3 Å². The number of ether oxygens (including phenoxy) is 1. The molecule has 0 aliphatic rings. The fourth-order valence-corrected chi connectivity index (χ4v) is 3.70. The van der Waals surface area contributed by atoms with Gasteiger partial charge in [0.2, 0.25) is 0 Å². The van der Waals surface area contributed by atoms with E-state index in [9.17, 15) is 4.79 Å². The maximum absolute atomic E-state index is 12.4. The number of carbonyl (C=O) groups excluding carboxylic acids is 1. The van der Waals surface area contributed by atoms with E-state index in [1.807, 2.05) is 52.1 Å². The molecule has 1 aromatic heterocycles. The van der Waals surface area contributed by atoms with Crippen LogP contribution in [0.1, 0.15) is 66.8 Å². The molecule has 2 aromatic rings. The number of methoxy groups -OCH3 is 1. The quantitative estimate of drug-likeness (QED) is 0.427. The Labute approximate surface area is 189 Å². The largest absolute Gasteiger partial charge is 0.375 e. The number of carbonyl (C=O) groups is 1. The fourth-order valence-electron chi connectivity index (χ4n) is 2.86. The summed E-state index contributed by atoms with van der Waals surface area (Å²) in [6.45, 7) is 10.0. The second-order valence-corrected chi connectivity index (χ2v) is 8.45. The molecule has 0 saturated heterocycles. The van der Waals surface area contributed by atoms with Crippen molar-refractivity contribution in [1.29, 1.82) is 0 Å². The molecule has 2 atom stereocenters. The molecule has 2 N–H and O–H groups in total. The van der Waals surface area contributed by atoms with E-state index in [1.165, 1.54) is 0 Å². The molecule has 0 fully saturated rings. The number of aliphatic imine (C=N–C) groups is 1. The predicted octanol–water partition coefficient (Wildman–Crippen LogP) is 3.98. The van der Waals surface area contributed by atoms with E-state index in [1.54, 1.807) is 18.4 Å². The number of hydrogen-bond acceptors (Lipinski definition) is 5. The topological polar surface area (TPSA) is 78.9 Å². The van der Waals surface area contributed by atoms with Crippen molar-refractivity contribution in [2.45, 2.75) is 59.4 Å². The Morgan fingerprint density at radius 1 is 1.32 bits per heavy atom. The maximum Gasteiger partial charge on any atom is 0.251 e. The number of amides is 1. The normalized spacial score (nSPS) is 13.5. The van der Waals surface area contributed by atoms with E-state index in [-0.39, 0.29) is 18.1 Å². The lowest BCUT2D eigenvalue weighted by Crippen LogP contribution is -2.38. The molecule has 2 unspecified atom stereocenters. The number of guanidine groups is 1. The van der Waals surface area contributed by atoms with Crippen molar-refractivity contribution >= 4 is 23.2 Å². The molecule has 0 radical (unpaired) electrons. The zero-order valence-electron chi connectivity index (χ0n) is 19.4. The van der Waals surface area contributed by atoms with Gasteiger partial charge >= 0.3 is 0 Å². The molecule has 2 rings (SSSR count). The van der Waals surface area contributed by atoms with Crippen LogP contribution in [0.25, 0.3) is 0 Å². The minimum Gasteiger partial charge on any atom is -0.375 e. The van der Waals surface area contributed by atoms with Gasteiger partial charge in [0.25, 0.3) is 5.91 Å². The Balaban J connectivity index is 2.07. The van der Waals surface area contributed by atoms with E-state index in [4.69, 9.17) is 9.73 Å². The first kappa shape index (κ1) is 24.8. The summed E-state index contributed by atoms with van der Waals surface area (Å²) in [6, 6.07) is 7.79. The highest BCUT2D eigenvalue weighted by Crippen LogP contribution is 2.21. The summed E-state index contributed by atoms with van der Waals surface area (Å²) in [6.07, 6.45) is 0.898. The van der Waals surface area contributed by atoms with E-state index >= 15 is 0 Å². The van der Waals surface area contributed by atoms with Gasteiger partial charge in [-0.1, -0.05) is 19.1 Å². The van der Waals surface area contributed by atoms with Crippen molar-refractivity contribution in [2.75, 3.05) is 20.7 Å². The molecule has 31 heavy (non-hydrogen) atoms. The number of thiazole rings is 1. The lowest BCUT2D eigenvalue weighted by Gasteiger charge is -2.21. The summed E-state index contributed by atoms with van der Waals surface area (Å²) in [5, 5.41) is 9.37. The molecular formula is C23H35N5O2S. The van der Waals surface area contributed by atoms with Gasteiger partial charge in [0.15, 0.2) is 5.96 Å². The summed E-state index contributed by atoms with van der Waals surface area (Å²) < 4.78 is 5.35. The summed E-state index contributed by atoms with van der Waals surface area (Å²) in [5.74, 6) is 0.750. The minimum absolute atomic E-state index is 0.00393. The van der Waals surface area contributed by atoms with Crippen molar-refractivity contribution < 1.29 is 9.53 Å². The second-order valence-electron chi connectivity index (χ2n) is 7.56. The second kappa shape index (κ2) is 12.4. The van der Waals surface area contributed by atoms with Gasteiger partial charge in [-0.3, -0.25) is 4.79 Å². The van der Waals surface area contributed by atoms with Crippen LogP contribution < -0.4 is 10.6 Å². The van der Waals surface area contributed by atoms with Crippen molar-refractivity contribution in [2.24, 2.45) is 4.99 Å².